The molecule has 3 nitrogen and oxygen atoms in total. The third kappa shape index (κ3) is 2.81. The van der Waals surface area contributed by atoms with Crippen molar-refractivity contribution < 1.29 is 9.50 Å². The van der Waals surface area contributed by atoms with E-state index in [1.807, 2.05) is 24.3 Å². The van der Waals surface area contributed by atoms with Crippen LogP contribution >= 0.6 is 23.3 Å². The van der Waals surface area contributed by atoms with Crippen LogP contribution in [0.1, 0.15) is 5.56 Å². The first-order valence-electron chi connectivity index (χ1n) is 5.77. The summed E-state index contributed by atoms with van der Waals surface area (Å²) in [5.74, 6) is -0.408. The van der Waals surface area contributed by atoms with Gasteiger partial charge in [0.1, 0.15) is 11.6 Å². The average Bonchev–Trinajstić information content (AvgIpc) is 2.85. The first-order chi connectivity index (χ1) is 9.72. The van der Waals surface area contributed by atoms with Gasteiger partial charge < -0.3 is 5.11 Å². The SMILES string of the molecule is Oc1ccc(F)cc1/C=N/Sc1nc2ccccc2s1. The molecule has 1 heterocycles. The number of aromatic nitrogens is 1. The summed E-state index contributed by atoms with van der Waals surface area (Å²) < 4.78 is 19.1. The number of halogens is 1. The number of nitrogens with zero attached hydrogens (tertiary/aromatic N) is 2. The molecule has 0 aliphatic rings. The fourth-order valence-electron chi connectivity index (χ4n) is 1.65. The van der Waals surface area contributed by atoms with Crippen molar-refractivity contribution in [2.24, 2.45) is 4.40 Å². The zero-order valence-electron chi connectivity index (χ0n) is 10.2. The molecule has 0 bridgehead atoms. The number of benzene rings is 2. The number of rotatable bonds is 3. The minimum absolute atomic E-state index is 0.0000462. The first-order valence-corrected chi connectivity index (χ1v) is 7.36. The lowest BCUT2D eigenvalue weighted by Crippen LogP contribution is -1.83. The molecule has 0 spiro atoms. The van der Waals surface area contributed by atoms with E-state index in [1.165, 1.54) is 36.4 Å². The fourth-order valence-corrected chi connectivity index (χ4v) is 3.29. The Balaban J connectivity index is 1.78. The van der Waals surface area contributed by atoms with Gasteiger partial charge in [-0.3, -0.25) is 0 Å². The Bertz CT molecular complexity index is 753. The molecule has 0 fully saturated rings. The second-order valence-electron chi connectivity index (χ2n) is 3.98. The van der Waals surface area contributed by atoms with Crippen molar-refractivity contribution in [3.63, 3.8) is 0 Å². The second kappa shape index (κ2) is 5.60. The van der Waals surface area contributed by atoms with Crippen molar-refractivity contribution in [3.8, 4) is 5.75 Å². The van der Waals surface area contributed by atoms with Gasteiger partial charge in [0.2, 0.25) is 0 Å². The molecular formula is C14H9FN2OS2. The van der Waals surface area contributed by atoms with Crippen LogP contribution in [0.25, 0.3) is 10.2 Å². The van der Waals surface area contributed by atoms with Crippen LogP contribution in [0.15, 0.2) is 51.2 Å². The smallest absolute Gasteiger partial charge is 0.173 e. The summed E-state index contributed by atoms with van der Waals surface area (Å²) in [4.78, 5) is 4.42. The summed E-state index contributed by atoms with van der Waals surface area (Å²) in [6.07, 6.45) is 1.43. The number of hydrogen-bond acceptors (Lipinski definition) is 5. The topological polar surface area (TPSA) is 45.5 Å². The van der Waals surface area contributed by atoms with Crippen LogP contribution in [0.5, 0.6) is 5.75 Å². The number of para-hydroxylation sites is 1. The number of thiazole rings is 1. The molecule has 0 saturated heterocycles. The molecule has 0 atom stereocenters. The summed E-state index contributed by atoms with van der Waals surface area (Å²) in [6, 6.07) is 11.6. The molecule has 3 rings (SSSR count). The first kappa shape index (κ1) is 13.1. The summed E-state index contributed by atoms with van der Waals surface area (Å²) in [5.41, 5.74) is 1.28. The normalized spacial score (nSPS) is 11.4. The van der Waals surface area contributed by atoms with Gasteiger partial charge in [0.05, 0.1) is 10.2 Å². The quantitative estimate of drug-likeness (QED) is 0.580. The molecule has 0 aliphatic heterocycles. The van der Waals surface area contributed by atoms with E-state index in [0.29, 0.717) is 5.56 Å². The molecule has 3 aromatic rings. The van der Waals surface area contributed by atoms with Crippen molar-refractivity contribution in [2.45, 2.75) is 4.34 Å². The molecule has 6 heteroatoms. The zero-order chi connectivity index (χ0) is 13.9. The Morgan fingerprint density at radius 3 is 2.95 bits per heavy atom. The minimum Gasteiger partial charge on any atom is -0.507 e. The Kier molecular flexibility index (Phi) is 3.66. The van der Waals surface area contributed by atoms with Gasteiger partial charge in [0.15, 0.2) is 4.34 Å². The van der Waals surface area contributed by atoms with E-state index >= 15 is 0 Å². The Morgan fingerprint density at radius 2 is 2.10 bits per heavy atom. The average molecular weight is 304 g/mol. The van der Waals surface area contributed by atoms with Crippen LogP contribution < -0.4 is 0 Å². The van der Waals surface area contributed by atoms with E-state index in [0.717, 1.165) is 14.6 Å². The highest BCUT2D eigenvalue weighted by Crippen LogP contribution is 2.30. The highest BCUT2D eigenvalue weighted by atomic mass is 32.2. The molecule has 0 amide bonds. The Hall–Kier alpha value is -1.92. The van der Waals surface area contributed by atoms with Gasteiger partial charge in [0.25, 0.3) is 0 Å². The lowest BCUT2D eigenvalue weighted by Gasteiger charge is -1.97. The Labute approximate surface area is 123 Å². The number of phenols is 1. The van der Waals surface area contributed by atoms with Crippen LogP contribution in [-0.4, -0.2) is 16.3 Å². The van der Waals surface area contributed by atoms with Crippen molar-refractivity contribution in [3.05, 3.63) is 53.8 Å². The van der Waals surface area contributed by atoms with Gasteiger partial charge in [-0.2, -0.15) is 0 Å². The predicted molar refractivity (Wildman–Crippen MR) is 81.1 cm³/mol. The van der Waals surface area contributed by atoms with Gasteiger partial charge >= 0.3 is 0 Å². The summed E-state index contributed by atoms with van der Waals surface area (Å²) >= 11 is 2.74. The van der Waals surface area contributed by atoms with Crippen LogP contribution in [0, 0.1) is 5.82 Å². The van der Waals surface area contributed by atoms with E-state index in [1.54, 1.807) is 11.3 Å². The van der Waals surface area contributed by atoms with E-state index in [9.17, 15) is 9.50 Å². The summed E-state index contributed by atoms with van der Waals surface area (Å²) in [7, 11) is 0. The number of aromatic hydroxyl groups is 1. The second-order valence-corrected chi connectivity index (χ2v) is 6.05. The van der Waals surface area contributed by atoms with Crippen LogP contribution in [-0.2, 0) is 0 Å². The van der Waals surface area contributed by atoms with E-state index < -0.39 is 5.82 Å². The molecular weight excluding hydrogens is 295 g/mol. The van der Waals surface area contributed by atoms with Gasteiger partial charge in [-0.05, 0) is 30.3 Å². The summed E-state index contributed by atoms with van der Waals surface area (Å²) in [5, 5.41) is 9.57. The highest BCUT2D eigenvalue weighted by molar-refractivity contribution is 8.00. The van der Waals surface area contributed by atoms with Gasteiger partial charge in [-0.15, -0.1) is 11.3 Å². The maximum Gasteiger partial charge on any atom is 0.173 e. The van der Waals surface area contributed by atoms with E-state index in [-0.39, 0.29) is 5.75 Å². The number of phenolic OH excluding ortho intramolecular Hbond substituents is 1. The molecule has 2 aromatic carbocycles. The van der Waals surface area contributed by atoms with Crippen molar-refractivity contribution >= 4 is 39.7 Å². The molecule has 1 N–H and O–H groups in total. The zero-order valence-corrected chi connectivity index (χ0v) is 11.8. The predicted octanol–water partition coefficient (Wildman–Crippen LogP) is 4.27. The maximum atomic E-state index is 13.0. The van der Waals surface area contributed by atoms with Gasteiger partial charge in [0, 0.05) is 23.7 Å². The maximum absolute atomic E-state index is 13.0. The van der Waals surface area contributed by atoms with Gasteiger partial charge in [-0.25, -0.2) is 13.8 Å². The standard InChI is InChI=1S/C14H9FN2OS2/c15-10-5-6-12(18)9(7-10)8-16-20-14-17-11-3-1-2-4-13(11)19-14/h1-8,18H/b16-8+. The van der Waals surface area contributed by atoms with Crippen molar-refractivity contribution in [2.75, 3.05) is 0 Å². The number of hydrogen-bond donors (Lipinski definition) is 1. The molecule has 0 saturated carbocycles. The molecule has 20 heavy (non-hydrogen) atoms. The lowest BCUT2D eigenvalue weighted by molar-refractivity contribution is 0.472. The monoisotopic (exact) mass is 304 g/mol. The Morgan fingerprint density at radius 1 is 1.25 bits per heavy atom. The van der Waals surface area contributed by atoms with Crippen molar-refractivity contribution in [1.82, 2.24) is 4.98 Å². The third-order valence-corrected chi connectivity index (χ3v) is 4.35. The van der Waals surface area contributed by atoms with Crippen LogP contribution in [0.3, 0.4) is 0 Å². The highest BCUT2D eigenvalue weighted by Gasteiger charge is 2.03. The molecule has 0 unspecified atom stereocenters. The van der Waals surface area contributed by atoms with Crippen molar-refractivity contribution in [1.29, 1.82) is 0 Å². The lowest BCUT2D eigenvalue weighted by atomic mass is 10.2. The third-order valence-electron chi connectivity index (χ3n) is 2.59. The molecule has 100 valence electrons. The van der Waals surface area contributed by atoms with Crippen LogP contribution in [0.2, 0.25) is 0 Å². The molecule has 0 radical (unpaired) electrons. The largest absolute Gasteiger partial charge is 0.507 e. The minimum atomic E-state index is -0.408. The van der Waals surface area contributed by atoms with Crippen LogP contribution in [0.4, 0.5) is 4.39 Å². The fraction of sp³-hybridized carbons (Fsp3) is 0. The molecule has 0 aliphatic carbocycles. The molecule has 1 aromatic heterocycles. The van der Waals surface area contributed by atoms with E-state index in [4.69, 9.17) is 0 Å². The number of fused-ring (bicyclic) bond motifs is 1. The van der Waals surface area contributed by atoms with E-state index in [2.05, 4.69) is 9.38 Å². The summed E-state index contributed by atoms with van der Waals surface area (Å²) in [6.45, 7) is 0. The van der Waals surface area contributed by atoms with Gasteiger partial charge in [-0.1, -0.05) is 12.1 Å².